The van der Waals surface area contributed by atoms with Crippen molar-refractivity contribution in [3.8, 4) is 5.75 Å². The van der Waals surface area contributed by atoms with Crippen LogP contribution < -0.4 is 10.1 Å². The van der Waals surface area contributed by atoms with E-state index in [2.05, 4.69) is 5.32 Å². The fraction of sp³-hybridized carbons (Fsp3) is 0.440. The van der Waals surface area contributed by atoms with Crippen molar-refractivity contribution < 1.29 is 14.3 Å². The van der Waals surface area contributed by atoms with E-state index in [1.807, 2.05) is 77.1 Å². The minimum atomic E-state index is -0.534. The third-order valence-corrected chi connectivity index (χ3v) is 5.21. The third-order valence-electron chi connectivity index (χ3n) is 5.21. The number of carbonyl (C=O) groups is 2. The zero-order chi connectivity index (χ0) is 22.1. The van der Waals surface area contributed by atoms with E-state index in [4.69, 9.17) is 4.74 Å². The van der Waals surface area contributed by atoms with Crippen LogP contribution in [-0.4, -0.2) is 35.9 Å². The normalized spacial score (nSPS) is 11.6. The van der Waals surface area contributed by atoms with E-state index in [1.54, 1.807) is 4.90 Å². The van der Waals surface area contributed by atoms with Crippen LogP contribution in [0.1, 0.15) is 48.9 Å². The van der Waals surface area contributed by atoms with Gasteiger partial charge in [-0.1, -0.05) is 49.7 Å². The van der Waals surface area contributed by atoms with E-state index in [1.165, 1.54) is 5.56 Å². The summed E-state index contributed by atoms with van der Waals surface area (Å²) in [6.07, 6.45) is 1.39. The van der Waals surface area contributed by atoms with Crippen molar-refractivity contribution in [2.75, 3.05) is 13.2 Å². The van der Waals surface area contributed by atoms with Gasteiger partial charge in [0, 0.05) is 13.1 Å². The molecule has 0 radical (unpaired) electrons. The molecule has 30 heavy (non-hydrogen) atoms. The van der Waals surface area contributed by atoms with Crippen molar-refractivity contribution in [2.24, 2.45) is 0 Å². The zero-order valence-electron chi connectivity index (χ0n) is 18.8. The molecular formula is C25H34N2O3. The molecule has 0 unspecified atom stereocenters. The smallest absolute Gasteiger partial charge is 0.261 e. The van der Waals surface area contributed by atoms with Crippen molar-refractivity contribution in [3.05, 3.63) is 64.7 Å². The monoisotopic (exact) mass is 410 g/mol. The number of aryl methyl sites for hydroxylation is 3. The van der Waals surface area contributed by atoms with E-state index in [0.717, 1.165) is 23.1 Å². The first-order valence-electron chi connectivity index (χ1n) is 10.7. The van der Waals surface area contributed by atoms with E-state index >= 15 is 0 Å². The summed E-state index contributed by atoms with van der Waals surface area (Å²) in [5.74, 6) is 0.338. The maximum atomic E-state index is 13.2. The second-order valence-electron chi connectivity index (χ2n) is 7.76. The highest BCUT2D eigenvalue weighted by molar-refractivity contribution is 5.88. The highest BCUT2D eigenvalue weighted by Gasteiger charge is 2.28. The standard InChI is InChI=1S/C25H34N2O3/c1-6-13-26-25(29)23(7-2)27(16-21-10-8-9-18(3)14-21)24(28)17-30-22-12-11-19(4)20(5)15-22/h8-12,14-15,23H,6-7,13,16-17H2,1-5H3,(H,26,29)/t23-/m1/s1. The summed E-state index contributed by atoms with van der Waals surface area (Å²) < 4.78 is 5.78. The van der Waals surface area contributed by atoms with Crippen LogP contribution in [0.15, 0.2) is 42.5 Å². The Balaban J connectivity index is 2.20. The molecule has 2 amide bonds. The lowest BCUT2D eigenvalue weighted by molar-refractivity contribution is -0.143. The zero-order valence-corrected chi connectivity index (χ0v) is 18.8. The molecule has 0 heterocycles. The van der Waals surface area contributed by atoms with Crippen LogP contribution >= 0.6 is 0 Å². The molecule has 0 bridgehead atoms. The predicted octanol–water partition coefficient (Wildman–Crippen LogP) is 4.32. The van der Waals surface area contributed by atoms with Crippen molar-refractivity contribution in [2.45, 2.75) is 60.0 Å². The number of ether oxygens (including phenoxy) is 1. The molecule has 1 atom stereocenters. The second kappa shape index (κ2) is 11.4. The van der Waals surface area contributed by atoms with Gasteiger partial charge in [-0.25, -0.2) is 0 Å². The summed E-state index contributed by atoms with van der Waals surface area (Å²) in [6.45, 7) is 10.9. The van der Waals surface area contributed by atoms with Gasteiger partial charge in [-0.3, -0.25) is 9.59 Å². The molecule has 162 valence electrons. The summed E-state index contributed by atoms with van der Waals surface area (Å²) in [7, 11) is 0. The molecule has 1 N–H and O–H groups in total. The van der Waals surface area contributed by atoms with Gasteiger partial charge in [0.15, 0.2) is 6.61 Å². The summed E-state index contributed by atoms with van der Waals surface area (Å²) in [4.78, 5) is 27.5. The van der Waals surface area contributed by atoms with Crippen LogP contribution in [0.4, 0.5) is 0 Å². The SMILES string of the molecule is CCCNC(=O)[C@@H](CC)N(Cc1cccc(C)c1)C(=O)COc1ccc(C)c(C)c1. The Hall–Kier alpha value is -2.82. The lowest BCUT2D eigenvalue weighted by atomic mass is 10.1. The number of hydrogen-bond donors (Lipinski definition) is 1. The largest absolute Gasteiger partial charge is 0.484 e. The van der Waals surface area contributed by atoms with E-state index in [0.29, 0.717) is 25.3 Å². The Bertz CT molecular complexity index is 863. The van der Waals surface area contributed by atoms with Crippen molar-refractivity contribution in [1.82, 2.24) is 10.2 Å². The highest BCUT2D eigenvalue weighted by atomic mass is 16.5. The molecule has 2 aromatic rings. The summed E-state index contributed by atoms with van der Waals surface area (Å²) in [5, 5.41) is 2.93. The van der Waals surface area contributed by atoms with Crippen LogP contribution in [0.5, 0.6) is 5.75 Å². The number of benzene rings is 2. The minimum Gasteiger partial charge on any atom is -0.484 e. The first-order chi connectivity index (χ1) is 14.3. The lowest BCUT2D eigenvalue weighted by Gasteiger charge is -2.30. The maximum Gasteiger partial charge on any atom is 0.261 e. The molecule has 0 aliphatic carbocycles. The van der Waals surface area contributed by atoms with Crippen LogP contribution in [0.2, 0.25) is 0 Å². The Morgan fingerprint density at radius 3 is 2.43 bits per heavy atom. The Morgan fingerprint density at radius 1 is 1.03 bits per heavy atom. The predicted molar refractivity (Wildman–Crippen MR) is 121 cm³/mol. The second-order valence-corrected chi connectivity index (χ2v) is 7.76. The molecule has 2 aromatic carbocycles. The molecule has 0 aliphatic rings. The summed E-state index contributed by atoms with van der Waals surface area (Å²) >= 11 is 0. The number of hydrogen-bond acceptors (Lipinski definition) is 3. The fourth-order valence-electron chi connectivity index (χ4n) is 3.32. The number of amides is 2. The maximum absolute atomic E-state index is 13.2. The molecule has 0 fully saturated rings. The molecule has 5 heteroatoms. The molecule has 5 nitrogen and oxygen atoms in total. The summed E-state index contributed by atoms with van der Waals surface area (Å²) in [6, 6.07) is 13.3. The number of nitrogens with zero attached hydrogens (tertiary/aromatic N) is 1. The molecule has 0 spiro atoms. The van der Waals surface area contributed by atoms with Gasteiger partial charge in [-0.05, 0) is 62.4 Å². The van der Waals surface area contributed by atoms with Crippen LogP contribution in [0.3, 0.4) is 0 Å². The van der Waals surface area contributed by atoms with Crippen molar-refractivity contribution in [1.29, 1.82) is 0 Å². The first-order valence-corrected chi connectivity index (χ1v) is 10.7. The molecule has 0 aliphatic heterocycles. The van der Waals surface area contributed by atoms with Crippen LogP contribution in [0, 0.1) is 20.8 Å². The molecular weight excluding hydrogens is 376 g/mol. The van der Waals surface area contributed by atoms with E-state index in [9.17, 15) is 9.59 Å². The topological polar surface area (TPSA) is 58.6 Å². The van der Waals surface area contributed by atoms with Gasteiger partial charge < -0.3 is 15.0 Å². The molecule has 0 saturated heterocycles. The van der Waals surface area contributed by atoms with Crippen LogP contribution in [0.25, 0.3) is 0 Å². The van der Waals surface area contributed by atoms with Gasteiger partial charge in [-0.15, -0.1) is 0 Å². The highest BCUT2D eigenvalue weighted by Crippen LogP contribution is 2.18. The Kier molecular flexibility index (Phi) is 8.90. The van der Waals surface area contributed by atoms with Gasteiger partial charge in [0.1, 0.15) is 11.8 Å². The van der Waals surface area contributed by atoms with E-state index < -0.39 is 6.04 Å². The average molecular weight is 411 g/mol. The number of nitrogens with one attached hydrogen (secondary N) is 1. The van der Waals surface area contributed by atoms with Gasteiger partial charge >= 0.3 is 0 Å². The van der Waals surface area contributed by atoms with Gasteiger partial charge in [-0.2, -0.15) is 0 Å². The van der Waals surface area contributed by atoms with E-state index in [-0.39, 0.29) is 18.4 Å². The van der Waals surface area contributed by atoms with Crippen molar-refractivity contribution in [3.63, 3.8) is 0 Å². The molecule has 2 rings (SSSR count). The first kappa shape index (κ1) is 23.5. The number of carbonyl (C=O) groups excluding carboxylic acids is 2. The van der Waals surface area contributed by atoms with Crippen molar-refractivity contribution >= 4 is 11.8 Å². The average Bonchev–Trinajstić information content (AvgIpc) is 2.72. The summed E-state index contributed by atoms with van der Waals surface area (Å²) in [5.41, 5.74) is 4.40. The third kappa shape index (κ3) is 6.61. The molecule has 0 saturated carbocycles. The number of rotatable bonds is 10. The fourth-order valence-corrected chi connectivity index (χ4v) is 3.32. The Labute approximate surface area is 180 Å². The van der Waals surface area contributed by atoms with Gasteiger partial charge in [0.25, 0.3) is 5.91 Å². The Morgan fingerprint density at radius 2 is 1.80 bits per heavy atom. The lowest BCUT2D eigenvalue weighted by Crippen LogP contribution is -2.50. The van der Waals surface area contributed by atoms with Gasteiger partial charge in [0.05, 0.1) is 0 Å². The van der Waals surface area contributed by atoms with Gasteiger partial charge in [0.2, 0.25) is 5.91 Å². The quantitative estimate of drug-likeness (QED) is 0.634. The minimum absolute atomic E-state index is 0.105. The molecule has 0 aromatic heterocycles. The van der Waals surface area contributed by atoms with Crippen LogP contribution in [-0.2, 0) is 16.1 Å².